The van der Waals surface area contributed by atoms with Crippen molar-refractivity contribution in [2.75, 3.05) is 20.8 Å². The monoisotopic (exact) mass is 983 g/mol. The summed E-state index contributed by atoms with van der Waals surface area (Å²) in [6.45, 7) is 17.5. The minimum atomic E-state index is -1.08. The van der Waals surface area contributed by atoms with Gasteiger partial charge in [-0.1, -0.05) is 102 Å². The molecule has 0 aliphatic carbocycles. The molecule has 3 aromatic rings. The van der Waals surface area contributed by atoms with E-state index in [1.807, 2.05) is 86.6 Å². The van der Waals surface area contributed by atoms with Crippen LogP contribution in [0.5, 0.6) is 5.75 Å². The molecule has 0 N–H and O–H groups in total. The molecule has 3 aromatic carbocycles. The third-order valence-corrected chi connectivity index (χ3v) is 17.4. The normalized spacial score (nSPS) is 39.3. The minimum Gasteiger partial charge on any atom is -0.497 e. The smallest absolute Gasteiger partial charge is 0.338 e. The second kappa shape index (κ2) is 21.1. The van der Waals surface area contributed by atoms with E-state index in [0.717, 1.165) is 49.0 Å². The van der Waals surface area contributed by atoms with Gasteiger partial charge in [0.2, 0.25) is 0 Å². The van der Waals surface area contributed by atoms with Gasteiger partial charge in [0.1, 0.15) is 25.1 Å². The van der Waals surface area contributed by atoms with Crippen LogP contribution in [0.1, 0.15) is 135 Å². The Morgan fingerprint density at radius 2 is 1.54 bits per heavy atom. The van der Waals surface area contributed by atoms with E-state index < -0.39 is 59.3 Å². The van der Waals surface area contributed by atoms with Gasteiger partial charge in [-0.15, -0.1) is 0 Å². The van der Waals surface area contributed by atoms with Crippen LogP contribution in [0.2, 0.25) is 0 Å². The van der Waals surface area contributed by atoms with E-state index in [1.165, 1.54) is 0 Å². The van der Waals surface area contributed by atoms with E-state index >= 15 is 0 Å². The Morgan fingerprint density at radius 1 is 0.817 bits per heavy atom. The fraction of sp³-hybridized carbons (Fsp3) is 0.655. The molecule has 71 heavy (non-hydrogen) atoms. The van der Waals surface area contributed by atoms with Gasteiger partial charge in [-0.3, -0.25) is 4.79 Å². The van der Waals surface area contributed by atoms with E-state index in [0.29, 0.717) is 31.4 Å². The van der Waals surface area contributed by atoms with Crippen molar-refractivity contribution in [1.29, 1.82) is 0 Å². The average molecular weight is 983 g/mol. The molecule has 0 bridgehead atoms. The van der Waals surface area contributed by atoms with Crippen LogP contribution in [-0.2, 0) is 58.8 Å². The molecular weight excluding hydrogens is 905 g/mol. The van der Waals surface area contributed by atoms with E-state index in [-0.39, 0.29) is 66.6 Å². The van der Waals surface area contributed by atoms with Gasteiger partial charge in [-0.2, -0.15) is 0 Å². The lowest BCUT2D eigenvalue weighted by Gasteiger charge is -2.49. The molecule has 0 saturated carbocycles. The number of esters is 2. The van der Waals surface area contributed by atoms with Gasteiger partial charge in [-0.05, 0) is 94.0 Å². The summed E-state index contributed by atoms with van der Waals surface area (Å²) in [4.78, 5) is 27.4. The Hall–Kier alpha value is -3.92. The van der Waals surface area contributed by atoms with Crippen LogP contribution in [0.25, 0.3) is 0 Å². The summed E-state index contributed by atoms with van der Waals surface area (Å²) < 4.78 is 73.0. The van der Waals surface area contributed by atoms with Crippen molar-refractivity contribution in [2.45, 2.75) is 185 Å². The van der Waals surface area contributed by atoms with Gasteiger partial charge in [-0.25, -0.2) is 4.79 Å². The first-order valence-corrected chi connectivity index (χ1v) is 26.4. The van der Waals surface area contributed by atoms with Gasteiger partial charge >= 0.3 is 11.9 Å². The van der Waals surface area contributed by atoms with Crippen LogP contribution >= 0.6 is 0 Å². The molecule has 13 heteroatoms. The van der Waals surface area contributed by atoms with Crippen LogP contribution in [0, 0.1) is 35.5 Å². The molecule has 0 amide bonds. The zero-order chi connectivity index (χ0) is 50.3. The summed E-state index contributed by atoms with van der Waals surface area (Å²) in [6.07, 6.45) is 2.94. The molecule has 0 aromatic heterocycles. The highest BCUT2D eigenvalue weighted by molar-refractivity contribution is 5.89. The summed E-state index contributed by atoms with van der Waals surface area (Å²) in [5.74, 6) is -2.52. The molecule has 388 valence electrons. The third-order valence-electron chi connectivity index (χ3n) is 17.4. The topological polar surface area (TPSA) is 136 Å². The highest BCUT2D eigenvalue weighted by Crippen LogP contribution is 2.56. The fourth-order valence-electron chi connectivity index (χ4n) is 13.2. The Kier molecular flexibility index (Phi) is 15.5. The molecule has 13 nitrogen and oxygen atoms in total. The zero-order valence-corrected chi connectivity index (χ0v) is 43.5. The molecule has 18 atom stereocenters. The lowest BCUT2D eigenvalue weighted by atomic mass is 9.78. The van der Waals surface area contributed by atoms with Gasteiger partial charge in [0.15, 0.2) is 17.9 Å². The zero-order valence-electron chi connectivity index (χ0n) is 43.5. The fourth-order valence-corrected chi connectivity index (χ4v) is 13.2. The Bertz CT molecular complexity index is 2260. The summed E-state index contributed by atoms with van der Waals surface area (Å²) >= 11 is 0. The lowest BCUT2D eigenvalue weighted by molar-refractivity contribution is -0.335. The van der Waals surface area contributed by atoms with Crippen molar-refractivity contribution in [3.63, 3.8) is 0 Å². The molecule has 0 radical (unpaired) electrons. The van der Waals surface area contributed by atoms with Crippen molar-refractivity contribution >= 4 is 11.9 Å². The highest BCUT2D eigenvalue weighted by atomic mass is 16.8. The highest BCUT2D eigenvalue weighted by Gasteiger charge is 2.63. The number of hydrogen-bond acceptors (Lipinski definition) is 13. The second-order valence-electron chi connectivity index (χ2n) is 22.1. The number of ether oxygens (including phenoxy) is 11. The Morgan fingerprint density at radius 3 is 2.23 bits per heavy atom. The molecule has 2 spiro atoms. The first-order valence-electron chi connectivity index (χ1n) is 26.4. The number of benzene rings is 3. The maximum Gasteiger partial charge on any atom is 0.338 e. The van der Waals surface area contributed by atoms with E-state index in [1.54, 1.807) is 26.4 Å². The van der Waals surface area contributed by atoms with Crippen LogP contribution in [-0.4, -0.2) is 98.3 Å². The molecule has 6 aliphatic heterocycles. The Labute approximate surface area is 421 Å². The second-order valence-corrected chi connectivity index (χ2v) is 22.1. The molecule has 6 heterocycles. The predicted octanol–water partition coefficient (Wildman–Crippen LogP) is 10.6. The minimum absolute atomic E-state index is 0.128. The summed E-state index contributed by atoms with van der Waals surface area (Å²) in [6, 6.07) is 26.5. The van der Waals surface area contributed by atoms with Crippen LogP contribution < -0.4 is 4.74 Å². The van der Waals surface area contributed by atoms with E-state index in [9.17, 15) is 9.59 Å². The number of rotatable bonds is 15. The molecule has 9 rings (SSSR count). The lowest BCUT2D eigenvalue weighted by Crippen LogP contribution is -2.57. The van der Waals surface area contributed by atoms with Crippen LogP contribution in [0.3, 0.4) is 0 Å². The van der Waals surface area contributed by atoms with Crippen LogP contribution in [0.15, 0.2) is 84.9 Å². The van der Waals surface area contributed by atoms with Crippen molar-refractivity contribution in [3.05, 3.63) is 102 Å². The molecule has 6 saturated heterocycles. The average Bonchev–Trinajstić information content (AvgIpc) is 4.19. The standard InChI is InChI=1S/C58H78O13/c1-11-56(51-36(3)31-45(65-51)48-35(2)30-37(4)58(69-48)34-64-54(70-58)43-22-24-44(61-9)25-23-43)27-26-47(67-56)55(8)28-29-57(71-55)32-46(66-53(60)42-20-16-13-17-21-42)38(5)50(68-57)39(6)49(62-10)40(7)52(59)63-33-41-18-14-12-15-19-41/h12-25,35-40,45-51,54H,11,26-34H2,1-10H3/t35-,36-,37+,38+,39-,40-,45-,46-,47+,48-,49+,50-,51+,54+,55+,56-,57+,58+/m0/s1. The van der Waals surface area contributed by atoms with Crippen LogP contribution in [0.4, 0.5) is 0 Å². The summed E-state index contributed by atoms with van der Waals surface area (Å²) in [5.41, 5.74) is 1.08. The quantitative estimate of drug-likeness (QED) is 0.134. The van der Waals surface area contributed by atoms with Gasteiger partial charge in [0.05, 0.1) is 66.4 Å². The third kappa shape index (κ3) is 10.3. The first kappa shape index (κ1) is 52.0. The molecule has 6 aliphatic rings. The largest absolute Gasteiger partial charge is 0.497 e. The number of carbonyl (C=O) groups is 2. The maximum absolute atomic E-state index is 13.8. The SMILES string of the molecule is CC[C@@]1([C@@H]2O[C@H]([C@H]3O[C@@]4(CO[C@@H](c5ccc(OC)cc5)O4)[C@H](C)C[C@@H]3C)C[C@@H]2C)CC[C@H]([C@@]2(C)CC[C@]3(C[C@H](OC(=O)c4ccccc4)[C@@H](C)[C@@H]([C@@H](C)[C@@H](OC)[C@H](C)C(=O)OCc4ccccc4)O3)O2)O1. The van der Waals surface area contributed by atoms with Gasteiger partial charge in [0.25, 0.3) is 0 Å². The Balaban J connectivity index is 0.894. The van der Waals surface area contributed by atoms with E-state index in [4.69, 9.17) is 52.1 Å². The van der Waals surface area contributed by atoms with Gasteiger partial charge in [0, 0.05) is 43.3 Å². The molecule has 6 fully saturated rings. The molecular formula is C58H78O13. The van der Waals surface area contributed by atoms with Crippen molar-refractivity contribution in [1.82, 2.24) is 0 Å². The van der Waals surface area contributed by atoms with Crippen molar-refractivity contribution < 1.29 is 61.7 Å². The number of hydrogen-bond donors (Lipinski definition) is 0. The predicted molar refractivity (Wildman–Crippen MR) is 264 cm³/mol. The number of methoxy groups -OCH3 is 2. The maximum atomic E-state index is 13.8. The van der Waals surface area contributed by atoms with Crippen molar-refractivity contribution in [2.24, 2.45) is 35.5 Å². The molecule has 0 unspecified atom stereocenters. The first-order chi connectivity index (χ1) is 34.0. The van der Waals surface area contributed by atoms with Crippen molar-refractivity contribution in [3.8, 4) is 5.75 Å². The number of carbonyl (C=O) groups excluding carboxylic acids is 2. The summed E-state index contributed by atoms with van der Waals surface area (Å²) in [5, 5.41) is 0. The summed E-state index contributed by atoms with van der Waals surface area (Å²) in [7, 11) is 3.28. The van der Waals surface area contributed by atoms with E-state index in [2.05, 4.69) is 41.5 Å². The van der Waals surface area contributed by atoms with Gasteiger partial charge < -0.3 is 52.1 Å².